The molecular formula is C13H22O2. The molecule has 2 heteroatoms. The van der Waals surface area contributed by atoms with E-state index in [4.69, 9.17) is 5.11 Å². The van der Waals surface area contributed by atoms with Gasteiger partial charge in [-0.3, -0.25) is 4.79 Å². The summed E-state index contributed by atoms with van der Waals surface area (Å²) in [5.41, 5.74) is 0. The molecule has 86 valence electrons. The van der Waals surface area contributed by atoms with E-state index in [1.54, 1.807) is 0 Å². The van der Waals surface area contributed by atoms with Crippen molar-refractivity contribution in [2.75, 3.05) is 0 Å². The summed E-state index contributed by atoms with van der Waals surface area (Å²) >= 11 is 0. The fourth-order valence-corrected chi connectivity index (χ4v) is 2.48. The normalized spacial score (nSPS) is 28.4. The summed E-state index contributed by atoms with van der Waals surface area (Å²) in [6.45, 7) is 3.96. The average molecular weight is 210 g/mol. The molecule has 0 spiro atoms. The van der Waals surface area contributed by atoms with E-state index in [9.17, 15) is 4.79 Å². The molecular weight excluding hydrogens is 188 g/mol. The maximum absolute atomic E-state index is 10.8. The van der Waals surface area contributed by atoms with E-state index >= 15 is 0 Å². The Morgan fingerprint density at radius 2 is 2.27 bits per heavy atom. The molecule has 1 rings (SSSR count). The second-order valence-corrected chi connectivity index (χ2v) is 4.67. The fraction of sp³-hybridized carbons (Fsp3) is 0.769. The lowest BCUT2D eigenvalue weighted by Gasteiger charge is -2.18. The summed E-state index contributed by atoms with van der Waals surface area (Å²) in [7, 11) is 0. The first-order chi connectivity index (χ1) is 7.15. The minimum Gasteiger partial charge on any atom is -0.481 e. The first kappa shape index (κ1) is 12.3. The van der Waals surface area contributed by atoms with Crippen LogP contribution in [-0.4, -0.2) is 11.1 Å². The molecule has 0 amide bonds. The lowest BCUT2D eigenvalue weighted by Crippen LogP contribution is -2.16. The highest BCUT2D eigenvalue weighted by Crippen LogP contribution is 2.37. The van der Waals surface area contributed by atoms with Crippen molar-refractivity contribution in [1.82, 2.24) is 0 Å². The van der Waals surface area contributed by atoms with Crippen molar-refractivity contribution in [3.05, 3.63) is 12.2 Å². The molecule has 3 atom stereocenters. The van der Waals surface area contributed by atoms with Crippen LogP contribution < -0.4 is 0 Å². The molecule has 2 nitrogen and oxygen atoms in total. The summed E-state index contributed by atoms with van der Waals surface area (Å²) in [4.78, 5) is 10.8. The van der Waals surface area contributed by atoms with E-state index in [0.29, 0.717) is 11.8 Å². The Balaban J connectivity index is 2.46. The predicted octanol–water partition coefficient (Wildman–Crippen LogP) is 3.48. The second-order valence-electron chi connectivity index (χ2n) is 4.67. The van der Waals surface area contributed by atoms with E-state index in [2.05, 4.69) is 19.1 Å². The van der Waals surface area contributed by atoms with Gasteiger partial charge in [0.15, 0.2) is 0 Å². The zero-order valence-corrected chi connectivity index (χ0v) is 9.78. The van der Waals surface area contributed by atoms with Gasteiger partial charge in [0.1, 0.15) is 0 Å². The van der Waals surface area contributed by atoms with Crippen LogP contribution in [0.4, 0.5) is 0 Å². The minimum absolute atomic E-state index is 0.189. The smallest absolute Gasteiger partial charge is 0.306 e. The number of carbonyl (C=O) groups is 1. The number of hydrogen-bond donors (Lipinski definition) is 1. The van der Waals surface area contributed by atoms with E-state index in [-0.39, 0.29) is 5.92 Å². The molecule has 0 aromatic rings. The van der Waals surface area contributed by atoms with E-state index in [0.717, 1.165) is 12.8 Å². The van der Waals surface area contributed by atoms with Crippen LogP contribution in [0.1, 0.15) is 46.0 Å². The zero-order chi connectivity index (χ0) is 11.3. The summed E-state index contributed by atoms with van der Waals surface area (Å²) in [6, 6.07) is 0. The lowest BCUT2D eigenvalue weighted by atomic mass is 9.87. The third kappa shape index (κ3) is 3.69. The van der Waals surface area contributed by atoms with Crippen LogP contribution >= 0.6 is 0 Å². The third-order valence-corrected chi connectivity index (χ3v) is 3.41. The summed E-state index contributed by atoms with van der Waals surface area (Å²) in [5, 5.41) is 8.89. The molecule has 3 unspecified atom stereocenters. The van der Waals surface area contributed by atoms with Gasteiger partial charge in [-0.25, -0.2) is 0 Å². The molecule has 0 aliphatic heterocycles. The molecule has 0 aromatic heterocycles. The number of allylic oxidation sites excluding steroid dienone is 2. The van der Waals surface area contributed by atoms with Crippen LogP contribution in [0.3, 0.4) is 0 Å². The van der Waals surface area contributed by atoms with Crippen LogP contribution in [0.15, 0.2) is 12.2 Å². The Kier molecular flexibility index (Phi) is 4.86. The van der Waals surface area contributed by atoms with E-state index < -0.39 is 5.97 Å². The molecule has 0 heterocycles. The molecule has 1 aliphatic rings. The highest BCUT2D eigenvalue weighted by molar-refractivity contribution is 5.69. The van der Waals surface area contributed by atoms with Gasteiger partial charge in [-0.1, -0.05) is 32.4 Å². The van der Waals surface area contributed by atoms with Gasteiger partial charge in [-0.15, -0.1) is 0 Å². The second kappa shape index (κ2) is 5.94. The van der Waals surface area contributed by atoms with Crippen LogP contribution in [0.2, 0.25) is 0 Å². The SMILES string of the molecule is CCC=CC1CCCC1CC(C)C(=O)O. The van der Waals surface area contributed by atoms with Crippen molar-refractivity contribution in [1.29, 1.82) is 0 Å². The highest BCUT2D eigenvalue weighted by Gasteiger charge is 2.28. The van der Waals surface area contributed by atoms with Crippen LogP contribution in [0.25, 0.3) is 0 Å². The molecule has 0 saturated heterocycles. The predicted molar refractivity (Wildman–Crippen MR) is 61.7 cm³/mol. The van der Waals surface area contributed by atoms with Crippen molar-refractivity contribution in [2.24, 2.45) is 17.8 Å². The topological polar surface area (TPSA) is 37.3 Å². The lowest BCUT2D eigenvalue weighted by molar-refractivity contribution is -0.141. The van der Waals surface area contributed by atoms with Gasteiger partial charge in [0.25, 0.3) is 0 Å². The Morgan fingerprint density at radius 1 is 1.53 bits per heavy atom. The number of carboxylic acid groups (broad SMARTS) is 1. The standard InChI is InChI=1S/C13H22O2/c1-3-4-6-11-7-5-8-12(11)9-10(2)13(14)15/h4,6,10-12H,3,5,7-9H2,1-2H3,(H,14,15). The first-order valence-electron chi connectivity index (χ1n) is 6.04. The van der Waals surface area contributed by atoms with Crippen molar-refractivity contribution >= 4 is 5.97 Å². The molecule has 1 fully saturated rings. The number of carboxylic acids is 1. The molecule has 0 aromatic carbocycles. The maximum Gasteiger partial charge on any atom is 0.306 e. The minimum atomic E-state index is -0.653. The van der Waals surface area contributed by atoms with E-state index in [1.165, 1.54) is 19.3 Å². The number of aliphatic carboxylic acids is 1. The van der Waals surface area contributed by atoms with Crippen LogP contribution in [0, 0.1) is 17.8 Å². The first-order valence-corrected chi connectivity index (χ1v) is 6.04. The highest BCUT2D eigenvalue weighted by atomic mass is 16.4. The van der Waals surface area contributed by atoms with Gasteiger partial charge in [0.05, 0.1) is 5.92 Å². The average Bonchev–Trinajstić information content (AvgIpc) is 2.62. The molecule has 15 heavy (non-hydrogen) atoms. The van der Waals surface area contributed by atoms with Crippen molar-refractivity contribution in [2.45, 2.75) is 46.0 Å². The summed E-state index contributed by atoms with van der Waals surface area (Å²) in [6.07, 6.45) is 10.1. The Labute approximate surface area is 92.4 Å². The third-order valence-electron chi connectivity index (χ3n) is 3.41. The molecule has 1 N–H and O–H groups in total. The van der Waals surface area contributed by atoms with Crippen molar-refractivity contribution < 1.29 is 9.90 Å². The number of hydrogen-bond acceptors (Lipinski definition) is 1. The summed E-state index contributed by atoms with van der Waals surface area (Å²) in [5.74, 6) is 0.386. The molecule has 1 saturated carbocycles. The maximum atomic E-state index is 10.8. The van der Waals surface area contributed by atoms with Crippen LogP contribution in [-0.2, 0) is 4.79 Å². The molecule has 0 radical (unpaired) electrons. The van der Waals surface area contributed by atoms with Gasteiger partial charge in [-0.2, -0.15) is 0 Å². The van der Waals surface area contributed by atoms with Crippen LogP contribution in [0.5, 0.6) is 0 Å². The van der Waals surface area contributed by atoms with Gasteiger partial charge >= 0.3 is 5.97 Å². The van der Waals surface area contributed by atoms with Gasteiger partial charge < -0.3 is 5.11 Å². The fourth-order valence-electron chi connectivity index (χ4n) is 2.48. The monoisotopic (exact) mass is 210 g/mol. The van der Waals surface area contributed by atoms with E-state index in [1.807, 2.05) is 6.92 Å². The Hall–Kier alpha value is -0.790. The largest absolute Gasteiger partial charge is 0.481 e. The van der Waals surface area contributed by atoms with Gasteiger partial charge in [0.2, 0.25) is 0 Å². The molecule has 0 bridgehead atoms. The summed E-state index contributed by atoms with van der Waals surface area (Å²) < 4.78 is 0. The number of rotatable bonds is 5. The quantitative estimate of drug-likeness (QED) is 0.705. The van der Waals surface area contributed by atoms with Crippen molar-refractivity contribution in [3.63, 3.8) is 0 Å². The van der Waals surface area contributed by atoms with Gasteiger partial charge in [0, 0.05) is 0 Å². The van der Waals surface area contributed by atoms with Gasteiger partial charge in [-0.05, 0) is 37.5 Å². The Morgan fingerprint density at radius 3 is 2.87 bits per heavy atom. The Bertz CT molecular complexity index is 233. The molecule has 1 aliphatic carbocycles. The van der Waals surface area contributed by atoms with Crippen molar-refractivity contribution in [3.8, 4) is 0 Å². The zero-order valence-electron chi connectivity index (χ0n) is 9.78.